The smallest absolute Gasteiger partial charge is 0.354 e. The first-order valence-corrected chi connectivity index (χ1v) is 5.68. The predicted octanol–water partition coefficient (Wildman–Crippen LogP) is 2.69. The van der Waals surface area contributed by atoms with Crippen LogP contribution in [0.25, 0.3) is 10.9 Å². The largest absolute Gasteiger partial charge is 0.496 e. The van der Waals surface area contributed by atoms with E-state index in [0.29, 0.717) is 20.2 Å². The molecule has 0 bridgehead atoms. The molecule has 0 aliphatic rings. The molecule has 4 nitrogen and oxygen atoms in total. The van der Waals surface area contributed by atoms with Crippen molar-refractivity contribution in [2.24, 2.45) is 0 Å². The maximum atomic E-state index is 13.3. The molecule has 0 fully saturated rings. The van der Waals surface area contributed by atoms with Gasteiger partial charge in [0.2, 0.25) is 0 Å². The van der Waals surface area contributed by atoms with Gasteiger partial charge in [0.25, 0.3) is 0 Å². The number of benzene rings is 1. The number of hydrogen-bond acceptors (Lipinski definition) is 3. The number of nitrogens with zero attached hydrogens (tertiary/aromatic N) is 1. The molecule has 2 aromatic rings. The molecule has 88 valence electrons. The topological polar surface area (TPSA) is 59.4 Å². The van der Waals surface area contributed by atoms with Crippen LogP contribution in [-0.2, 0) is 0 Å². The molecule has 1 N–H and O–H groups in total. The van der Waals surface area contributed by atoms with Crippen LogP contribution in [0.3, 0.4) is 0 Å². The fourth-order valence-corrected chi connectivity index (χ4v) is 2.21. The van der Waals surface area contributed by atoms with Gasteiger partial charge in [-0.1, -0.05) is 0 Å². The Morgan fingerprint density at radius 2 is 2.18 bits per heavy atom. The number of carboxylic acid groups (broad SMARTS) is 1. The van der Waals surface area contributed by atoms with E-state index in [0.717, 1.165) is 0 Å². The number of ether oxygens (including phenoxy) is 1. The van der Waals surface area contributed by atoms with Gasteiger partial charge in [-0.2, -0.15) is 0 Å². The molecule has 0 unspecified atom stereocenters. The number of halogens is 2. The minimum Gasteiger partial charge on any atom is -0.496 e. The first-order valence-electron chi connectivity index (χ1n) is 4.60. The molecule has 0 spiro atoms. The molecule has 0 atom stereocenters. The molecular formula is C11H7FINO3. The van der Waals surface area contributed by atoms with Gasteiger partial charge in [-0.15, -0.1) is 0 Å². The summed E-state index contributed by atoms with van der Waals surface area (Å²) in [7, 11) is 1.40. The lowest BCUT2D eigenvalue weighted by molar-refractivity contribution is 0.0690. The van der Waals surface area contributed by atoms with Crippen LogP contribution in [0.2, 0.25) is 0 Å². The molecule has 0 saturated carbocycles. The highest BCUT2D eigenvalue weighted by atomic mass is 127. The van der Waals surface area contributed by atoms with Gasteiger partial charge in [-0.25, -0.2) is 14.2 Å². The molecule has 1 heterocycles. The van der Waals surface area contributed by atoms with Gasteiger partial charge in [0, 0.05) is 15.0 Å². The number of carbonyl (C=O) groups is 1. The molecule has 1 aromatic carbocycles. The lowest BCUT2D eigenvalue weighted by Gasteiger charge is -2.08. The lowest BCUT2D eigenvalue weighted by Crippen LogP contribution is -2.02. The van der Waals surface area contributed by atoms with Crippen molar-refractivity contribution in [1.82, 2.24) is 4.98 Å². The number of pyridine rings is 1. The van der Waals surface area contributed by atoms with E-state index >= 15 is 0 Å². The normalized spacial score (nSPS) is 10.5. The van der Waals surface area contributed by atoms with Crippen molar-refractivity contribution in [1.29, 1.82) is 0 Å². The molecular weight excluding hydrogens is 340 g/mol. The molecule has 0 aliphatic carbocycles. The van der Waals surface area contributed by atoms with Crippen LogP contribution >= 0.6 is 22.6 Å². The first-order chi connectivity index (χ1) is 8.02. The highest BCUT2D eigenvalue weighted by Crippen LogP contribution is 2.29. The molecule has 0 saturated heterocycles. The number of methoxy groups -OCH3 is 1. The second kappa shape index (κ2) is 4.44. The highest BCUT2D eigenvalue weighted by molar-refractivity contribution is 14.1. The zero-order valence-electron chi connectivity index (χ0n) is 8.70. The van der Waals surface area contributed by atoms with Crippen LogP contribution in [0.4, 0.5) is 4.39 Å². The average molecular weight is 347 g/mol. The zero-order valence-corrected chi connectivity index (χ0v) is 10.9. The number of aromatic carboxylic acids is 1. The Kier molecular flexibility index (Phi) is 3.14. The molecule has 2 rings (SSSR count). The third-order valence-electron chi connectivity index (χ3n) is 2.23. The number of hydrogen-bond donors (Lipinski definition) is 1. The third kappa shape index (κ3) is 2.17. The van der Waals surface area contributed by atoms with Gasteiger partial charge in [0.15, 0.2) is 5.69 Å². The van der Waals surface area contributed by atoms with Crippen molar-refractivity contribution in [3.63, 3.8) is 0 Å². The number of aromatic nitrogens is 1. The Labute approximate surface area is 110 Å². The Hall–Kier alpha value is -1.44. The van der Waals surface area contributed by atoms with Crippen molar-refractivity contribution in [2.75, 3.05) is 7.11 Å². The second-order valence-corrected chi connectivity index (χ2v) is 4.46. The van der Waals surface area contributed by atoms with E-state index in [4.69, 9.17) is 9.84 Å². The van der Waals surface area contributed by atoms with E-state index in [2.05, 4.69) is 4.98 Å². The van der Waals surface area contributed by atoms with E-state index in [9.17, 15) is 9.18 Å². The minimum absolute atomic E-state index is 0.126. The van der Waals surface area contributed by atoms with Gasteiger partial charge < -0.3 is 9.84 Å². The molecule has 0 aliphatic heterocycles. The quantitative estimate of drug-likeness (QED) is 0.849. The molecule has 17 heavy (non-hydrogen) atoms. The number of fused-ring (bicyclic) bond motifs is 1. The van der Waals surface area contributed by atoms with Gasteiger partial charge in [0.05, 0.1) is 12.6 Å². The summed E-state index contributed by atoms with van der Waals surface area (Å²) >= 11 is 1.91. The van der Waals surface area contributed by atoms with Crippen molar-refractivity contribution in [3.05, 3.63) is 33.3 Å². The van der Waals surface area contributed by atoms with Crippen LogP contribution in [0.5, 0.6) is 5.75 Å². The summed E-state index contributed by atoms with van der Waals surface area (Å²) in [5.74, 6) is -1.26. The molecule has 1 aromatic heterocycles. The minimum atomic E-state index is -1.15. The lowest BCUT2D eigenvalue weighted by atomic mass is 10.1. The van der Waals surface area contributed by atoms with E-state index < -0.39 is 11.8 Å². The van der Waals surface area contributed by atoms with Gasteiger partial charge in [-0.05, 0) is 34.7 Å². The first kappa shape index (κ1) is 12.0. The summed E-state index contributed by atoms with van der Waals surface area (Å²) < 4.78 is 18.9. The van der Waals surface area contributed by atoms with Crippen molar-refractivity contribution >= 4 is 39.5 Å². The Balaban J connectivity index is 2.87. The van der Waals surface area contributed by atoms with Crippen LogP contribution in [0.1, 0.15) is 10.5 Å². The summed E-state index contributed by atoms with van der Waals surface area (Å²) in [6.07, 6.45) is 0. The van der Waals surface area contributed by atoms with Crippen molar-refractivity contribution in [2.45, 2.75) is 0 Å². The average Bonchev–Trinajstić information content (AvgIpc) is 2.27. The maximum absolute atomic E-state index is 13.3. The van der Waals surface area contributed by atoms with Gasteiger partial charge in [0.1, 0.15) is 11.6 Å². The zero-order chi connectivity index (χ0) is 12.6. The molecule has 0 radical (unpaired) electrons. The Morgan fingerprint density at radius 3 is 2.76 bits per heavy atom. The Bertz CT molecular complexity index is 615. The van der Waals surface area contributed by atoms with Crippen molar-refractivity contribution < 1.29 is 19.0 Å². The molecule has 6 heteroatoms. The monoisotopic (exact) mass is 347 g/mol. The predicted molar refractivity (Wildman–Crippen MR) is 67.9 cm³/mol. The highest BCUT2D eigenvalue weighted by Gasteiger charge is 2.14. The summed E-state index contributed by atoms with van der Waals surface area (Å²) in [6.45, 7) is 0. The summed E-state index contributed by atoms with van der Waals surface area (Å²) in [5, 5.41) is 9.38. The van der Waals surface area contributed by atoms with Crippen molar-refractivity contribution in [3.8, 4) is 5.75 Å². The van der Waals surface area contributed by atoms with Crippen LogP contribution in [0.15, 0.2) is 18.2 Å². The van der Waals surface area contributed by atoms with Crippen LogP contribution < -0.4 is 4.74 Å². The van der Waals surface area contributed by atoms with Gasteiger partial charge in [-0.3, -0.25) is 0 Å². The Morgan fingerprint density at radius 1 is 1.47 bits per heavy atom. The van der Waals surface area contributed by atoms with E-state index in [1.807, 2.05) is 22.6 Å². The van der Waals surface area contributed by atoms with E-state index in [1.165, 1.54) is 25.3 Å². The fourth-order valence-electron chi connectivity index (χ4n) is 1.50. The summed E-state index contributed by atoms with van der Waals surface area (Å²) in [5.41, 5.74) is 0.294. The van der Waals surface area contributed by atoms with Gasteiger partial charge >= 0.3 is 5.97 Å². The number of carboxylic acids is 1. The third-order valence-corrected chi connectivity index (χ3v) is 3.06. The van der Waals surface area contributed by atoms with E-state index in [-0.39, 0.29) is 5.69 Å². The van der Waals surface area contributed by atoms with E-state index in [1.54, 1.807) is 0 Å². The fraction of sp³-hybridized carbons (Fsp3) is 0.0909. The molecule has 0 amide bonds. The summed E-state index contributed by atoms with van der Waals surface area (Å²) in [4.78, 5) is 14.9. The van der Waals surface area contributed by atoms with Crippen LogP contribution in [0, 0.1) is 9.39 Å². The standard InChI is InChI=1S/C11H7FINO3/c1-17-9-4-8(11(15)16)14-10-6(9)2-5(12)3-7(10)13/h2-4H,1H3,(H,15,16). The SMILES string of the molecule is COc1cc(C(=O)O)nc2c(I)cc(F)cc12. The number of rotatable bonds is 2. The maximum Gasteiger partial charge on any atom is 0.354 e. The van der Waals surface area contributed by atoms with Crippen LogP contribution in [-0.4, -0.2) is 23.2 Å². The summed E-state index contributed by atoms with van der Waals surface area (Å²) in [6, 6.07) is 3.84. The second-order valence-electron chi connectivity index (χ2n) is 3.30.